The molecule has 2 aromatic carbocycles. The highest BCUT2D eigenvalue weighted by Crippen LogP contribution is 2.33. The van der Waals surface area contributed by atoms with E-state index in [1.54, 1.807) is 30.3 Å². The van der Waals surface area contributed by atoms with Crippen molar-refractivity contribution in [2.24, 2.45) is 0 Å². The normalized spacial score (nSPS) is 16.0. The lowest BCUT2D eigenvalue weighted by atomic mass is 10.2. The maximum atomic E-state index is 13.2. The van der Waals surface area contributed by atoms with E-state index >= 15 is 0 Å². The molecule has 0 atom stereocenters. The molecule has 1 aliphatic heterocycles. The highest BCUT2D eigenvalue weighted by Gasteiger charge is 2.34. The Hall–Kier alpha value is -2.02. The molecule has 0 aromatic heterocycles. The van der Waals surface area contributed by atoms with Gasteiger partial charge in [-0.25, -0.2) is 4.39 Å². The van der Waals surface area contributed by atoms with Crippen LogP contribution in [-0.4, -0.2) is 22.7 Å². The number of halogens is 3. The molecule has 4 nitrogen and oxygen atoms in total. The van der Waals surface area contributed by atoms with Crippen LogP contribution in [0.15, 0.2) is 47.4 Å². The van der Waals surface area contributed by atoms with Gasteiger partial charge in [0, 0.05) is 15.7 Å². The molecule has 25 heavy (non-hydrogen) atoms. The first kappa shape index (κ1) is 17.8. The smallest absolute Gasteiger partial charge is 0.295 e. The fraction of sp³-hybridized carbons (Fsp3) is 0.0588. The Morgan fingerprint density at radius 3 is 2.68 bits per heavy atom. The lowest BCUT2D eigenvalue weighted by molar-refractivity contribution is -0.122. The molecule has 1 saturated heterocycles. The molecule has 0 spiro atoms. The molecule has 2 amide bonds. The first-order chi connectivity index (χ1) is 11.9. The number of nitrogens with one attached hydrogen (secondary N) is 1. The van der Waals surface area contributed by atoms with E-state index < -0.39 is 17.0 Å². The molecule has 1 heterocycles. The van der Waals surface area contributed by atoms with E-state index in [1.807, 2.05) is 0 Å². The van der Waals surface area contributed by atoms with Crippen molar-refractivity contribution in [1.29, 1.82) is 0 Å². The van der Waals surface area contributed by atoms with Crippen molar-refractivity contribution >= 4 is 57.9 Å². The molecule has 0 bridgehead atoms. The van der Waals surface area contributed by atoms with E-state index in [2.05, 4.69) is 5.32 Å². The second-order valence-corrected chi connectivity index (χ2v) is 6.96. The van der Waals surface area contributed by atoms with E-state index in [0.717, 1.165) is 16.7 Å². The number of imide groups is 1. The number of thioether (sulfide) groups is 1. The summed E-state index contributed by atoms with van der Waals surface area (Å²) in [7, 11) is 0. The van der Waals surface area contributed by atoms with Gasteiger partial charge in [0.15, 0.2) is 0 Å². The number of rotatable bonds is 4. The number of anilines is 1. The SMILES string of the molecule is O=C1S/C(=C\c2ccc(Cl)cc2Cl)C(=O)N1CNc1cccc(F)c1. The van der Waals surface area contributed by atoms with E-state index in [9.17, 15) is 14.0 Å². The zero-order chi connectivity index (χ0) is 18.0. The van der Waals surface area contributed by atoms with Crippen LogP contribution in [-0.2, 0) is 4.79 Å². The molecule has 1 N–H and O–H groups in total. The standard InChI is InChI=1S/C17H11Cl2FN2O2S/c18-11-5-4-10(14(19)7-11)6-15-16(23)22(17(24)25-15)9-21-13-3-1-2-12(20)8-13/h1-8,21H,9H2/b15-6-. The molecule has 0 saturated carbocycles. The topological polar surface area (TPSA) is 49.4 Å². The highest BCUT2D eigenvalue weighted by atomic mass is 35.5. The average Bonchev–Trinajstić information content (AvgIpc) is 2.82. The molecule has 8 heteroatoms. The summed E-state index contributed by atoms with van der Waals surface area (Å²) >= 11 is 12.8. The Labute approximate surface area is 157 Å². The highest BCUT2D eigenvalue weighted by molar-refractivity contribution is 8.18. The molecule has 2 aromatic rings. The lowest BCUT2D eigenvalue weighted by Crippen LogP contribution is -2.33. The van der Waals surface area contributed by atoms with Crippen molar-refractivity contribution in [2.45, 2.75) is 0 Å². The van der Waals surface area contributed by atoms with Gasteiger partial charge in [0.2, 0.25) is 0 Å². The molecule has 3 rings (SSSR count). The van der Waals surface area contributed by atoms with Crippen LogP contribution in [0.1, 0.15) is 5.56 Å². The van der Waals surface area contributed by atoms with Crippen molar-refractivity contribution in [3.05, 3.63) is 68.8 Å². The summed E-state index contributed by atoms with van der Waals surface area (Å²) in [5.41, 5.74) is 1.07. The lowest BCUT2D eigenvalue weighted by Gasteiger charge is -2.14. The van der Waals surface area contributed by atoms with Crippen molar-refractivity contribution in [3.63, 3.8) is 0 Å². The number of hydrogen-bond acceptors (Lipinski definition) is 4. The third-order valence-electron chi connectivity index (χ3n) is 3.39. The zero-order valence-corrected chi connectivity index (χ0v) is 15.0. The maximum Gasteiger partial charge on any atom is 0.295 e. The van der Waals surface area contributed by atoms with Crippen LogP contribution in [0.3, 0.4) is 0 Å². The van der Waals surface area contributed by atoms with Crippen molar-refractivity contribution in [1.82, 2.24) is 4.90 Å². The van der Waals surface area contributed by atoms with E-state index in [-0.39, 0.29) is 11.6 Å². The van der Waals surface area contributed by atoms with Crippen LogP contribution in [0.4, 0.5) is 14.9 Å². The fourth-order valence-corrected chi connectivity index (χ4v) is 3.46. The summed E-state index contributed by atoms with van der Waals surface area (Å²) in [6, 6.07) is 10.6. The Bertz CT molecular complexity index is 889. The third kappa shape index (κ3) is 4.15. The van der Waals surface area contributed by atoms with Gasteiger partial charge in [0.25, 0.3) is 11.1 Å². The van der Waals surface area contributed by atoms with Crippen LogP contribution < -0.4 is 5.32 Å². The minimum atomic E-state index is -0.440. The second-order valence-electron chi connectivity index (χ2n) is 5.12. The van der Waals surface area contributed by atoms with E-state index in [1.165, 1.54) is 18.2 Å². The summed E-state index contributed by atoms with van der Waals surface area (Å²) in [5.74, 6) is -0.846. The minimum absolute atomic E-state index is 0.0557. The zero-order valence-electron chi connectivity index (χ0n) is 12.6. The third-order valence-corrected chi connectivity index (χ3v) is 4.86. The first-order valence-corrected chi connectivity index (χ1v) is 8.71. The summed E-state index contributed by atoms with van der Waals surface area (Å²) < 4.78 is 13.2. The van der Waals surface area contributed by atoms with Gasteiger partial charge >= 0.3 is 0 Å². The van der Waals surface area contributed by atoms with Crippen molar-refractivity contribution in [2.75, 3.05) is 12.0 Å². The summed E-state index contributed by atoms with van der Waals surface area (Å²) in [4.78, 5) is 25.8. The number of carbonyl (C=O) groups excluding carboxylic acids is 2. The molecule has 1 fully saturated rings. The van der Waals surface area contributed by atoms with Crippen molar-refractivity contribution in [3.8, 4) is 0 Å². The Balaban J connectivity index is 1.74. The van der Waals surface area contributed by atoms with Gasteiger partial charge in [-0.3, -0.25) is 14.5 Å². The second kappa shape index (κ2) is 7.47. The Morgan fingerprint density at radius 1 is 1.16 bits per heavy atom. The molecule has 0 aliphatic carbocycles. The van der Waals surface area contributed by atoms with Gasteiger partial charge in [-0.1, -0.05) is 35.3 Å². The molecule has 1 aliphatic rings. The molecule has 0 radical (unpaired) electrons. The predicted octanol–water partition coefficient (Wildman–Crippen LogP) is 5.24. The number of benzene rings is 2. The van der Waals surface area contributed by atoms with Crippen molar-refractivity contribution < 1.29 is 14.0 Å². The summed E-state index contributed by atoms with van der Waals surface area (Å²) in [6.07, 6.45) is 1.55. The van der Waals surface area contributed by atoms with Gasteiger partial charge in [0.05, 0.1) is 11.6 Å². The van der Waals surface area contributed by atoms with Crippen LogP contribution in [0.25, 0.3) is 6.08 Å². The quantitative estimate of drug-likeness (QED) is 0.717. The fourth-order valence-electron chi connectivity index (χ4n) is 2.16. The average molecular weight is 397 g/mol. The van der Waals surface area contributed by atoms with Crippen LogP contribution in [0.5, 0.6) is 0 Å². The molecular weight excluding hydrogens is 386 g/mol. The first-order valence-electron chi connectivity index (χ1n) is 7.14. The van der Waals surface area contributed by atoms with E-state index in [0.29, 0.717) is 21.3 Å². The maximum absolute atomic E-state index is 13.2. The Morgan fingerprint density at radius 2 is 1.96 bits per heavy atom. The molecule has 0 unspecified atom stereocenters. The van der Waals surface area contributed by atoms with Gasteiger partial charge in [-0.2, -0.15) is 0 Å². The minimum Gasteiger partial charge on any atom is -0.367 e. The van der Waals surface area contributed by atoms with Crippen LogP contribution in [0, 0.1) is 5.82 Å². The predicted molar refractivity (Wildman–Crippen MR) is 99.2 cm³/mol. The largest absolute Gasteiger partial charge is 0.367 e. The van der Waals surface area contributed by atoms with E-state index in [4.69, 9.17) is 23.2 Å². The van der Waals surface area contributed by atoms with Gasteiger partial charge in [-0.15, -0.1) is 0 Å². The van der Waals surface area contributed by atoms with Gasteiger partial charge in [0.1, 0.15) is 5.82 Å². The molecular formula is C17H11Cl2FN2O2S. The van der Waals surface area contributed by atoms with Gasteiger partial charge in [-0.05, 0) is 53.7 Å². The summed E-state index contributed by atoms with van der Waals surface area (Å²) in [5, 5.41) is 3.31. The van der Waals surface area contributed by atoms with Crippen LogP contribution in [0.2, 0.25) is 10.0 Å². The number of amides is 2. The summed E-state index contributed by atoms with van der Waals surface area (Å²) in [6.45, 7) is -0.0557. The number of nitrogens with zero attached hydrogens (tertiary/aromatic N) is 1. The monoisotopic (exact) mass is 396 g/mol. The number of hydrogen-bond donors (Lipinski definition) is 1. The number of carbonyl (C=O) groups is 2. The van der Waals surface area contributed by atoms with Crippen LogP contribution >= 0.6 is 35.0 Å². The Kier molecular flexibility index (Phi) is 5.32. The van der Waals surface area contributed by atoms with Gasteiger partial charge < -0.3 is 5.32 Å². The molecule has 128 valence electrons.